The van der Waals surface area contributed by atoms with Crippen molar-refractivity contribution in [3.05, 3.63) is 29.7 Å². The minimum absolute atomic E-state index is 0.00794. The van der Waals surface area contributed by atoms with E-state index < -0.39 is 0 Å². The molecule has 1 fully saturated rings. The number of hydrogen-bond acceptors (Lipinski definition) is 5. The molecule has 1 N–H and O–H groups in total. The van der Waals surface area contributed by atoms with E-state index in [1.165, 1.54) is 0 Å². The number of benzene rings is 1. The standard InChI is InChI=1S/C20H29N3O3/c1-14(2)23-9-10-25-16(13-23)12-19(24)21-8-4-5-20-22-17-7-6-15(3)11-18(17)26-20/h6-7,11,14,16H,4-5,8-10,12-13H2,1-3H3,(H,21,24)/t16-/m1/s1. The van der Waals surface area contributed by atoms with E-state index in [4.69, 9.17) is 9.15 Å². The van der Waals surface area contributed by atoms with Crippen LogP contribution in [0.15, 0.2) is 22.6 Å². The summed E-state index contributed by atoms with van der Waals surface area (Å²) < 4.78 is 11.5. The molecule has 0 bridgehead atoms. The van der Waals surface area contributed by atoms with Crippen LogP contribution in [0.2, 0.25) is 0 Å². The monoisotopic (exact) mass is 359 g/mol. The number of amides is 1. The van der Waals surface area contributed by atoms with E-state index in [2.05, 4.69) is 29.0 Å². The predicted octanol–water partition coefficient (Wildman–Crippen LogP) is 2.68. The zero-order valence-corrected chi connectivity index (χ0v) is 16.0. The molecule has 2 aromatic rings. The third-order valence-electron chi connectivity index (χ3n) is 4.79. The molecule has 2 heterocycles. The Bertz CT molecular complexity index is 741. The molecule has 1 aromatic heterocycles. The minimum atomic E-state index is -0.00794. The number of nitrogens with zero attached hydrogens (tertiary/aromatic N) is 2. The van der Waals surface area contributed by atoms with Crippen LogP contribution in [0.1, 0.15) is 38.1 Å². The van der Waals surface area contributed by atoms with E-state index in [1.807, 2.05) is 25.1 Å². The Labute approximate surface area is 154 Å². The summed E-state index contributed by atoms with van der Waals surface area (Å²) in [6, 6.07) is 6.50. The first-order chi connectivity index (χ1) is 12.5. The van der Waals surface area contributed by atoms with Crippen molar-refractivity contribution in [2.24, 2.45) is 0 Å². The Morgan fingerprint density at radius 1 is 1.42 bits per heavy atom. The van der Waals surface area contributed by atoms with Crippen molar-refractivity contribution in [3.8, 4) is 0 Å². The van der Waals surface area contributed by atoms with Gasteiger partial charge in [-0.15, -0.1) is 0 Å². The maximum absolute atomic E-state index is 12.1. The van der Waals surface area contributed by atoms with Gasteiger partial charge in [0.25, 0.3) is 0 Å². The fourth-order valence-electron chi connectivity index (χ4n) is 3.27. The van der Waals surface area contributed by atoms with Crippen molar-refractivity contribution in [1.29, 1.82) is 0 Å². The van der Waals surface area contributed by atoms with Gasteiger partial charge >= 0.3 is 0 Å². The Hall–Kier alpha value is -1.92. The SMILES string of the molecule is Cc1ccc2nc(CCCNC(=O)C[C@@H]3CN(C(C)C)CCO3)oc2c1. The lowest BCUT2D eigenvalue weighted by Gasteiger charge is -2.35. The molecule has 1 aliphatic heterocycles. The van der Waals surface area contributed by atoms with Gasteiger partial charge in [-0.25, -0.2) is 4.98 Å². The fourth-order valence-corrected chi connectivity index (χ4v) is 3.27. The van der Waals surface area contributed by atoms with Gasteiger partial charge in [0.2, 0.25) is 5.91 Å². The lowest BCUT2D eigenvalue weighted by molar-refractivity contribution is -0.126. The molecule has 6 heteroatoms. The average molecular weight is 359 g/mol. The maximum atomic E-state index is 12.1. The molecule has 1 aliphatic rings. The van der Waals surface area contributed by atoms with Crippen molar-refractivity contribution >= 4 is 17.0 Å². The Morgan fingerprint density at radius 2 is 2.27 bits per heavy atom. The fraction of sp³-hybridized carbons (Fsp3) is 0.600. The number of carbonyl (C=O) groups excluding carboxylic acids is 1. The first kappa shape index (κ1) is 18.9. The molecule has 1 atom stereocenters. The molecule has 0 spiro atoms. The molecule has 0 saturated carbocycles. The van der Waals surface area contributed by atoms with Gasteiger partial charge in [-0.05, 0) is 44.9 Å². The molecule has 0 aliphatic carbocycles. The summed E-state index contributed by atoms with van der Waals surface area (Å²) in [7, 11) is 0. The second-order valence-electron chi connectivity index (χ2n) is 7.32. The average Bonchev–Trinajstić information content (AvgIpc) is 3.00. The van der Waals surface area contributed by atoms with Crippen LogP contribution in [-0.4, -0.2) is 54.2 Å². The van der Waals surface area contributed by atoms with E-state index in [9.17, 15) is 4.79 Å². The summed E-state index contributed by atoms with van der Waals surface area (Å²) >= 11 is 0. The number of aryl methyl sites for hydroxylation is 2. The van der Waals surface area contributed by atoms with Crippen LogP contribution in [0, 0.1) is 6.92 Å². The molecule has 0 unspecified atom stereocenters. The highest BCUT2D eigenvalue weighted by atomic mass is 16.5. The molecule has 142 valence electrons. The number of morpholine rings is 1. The molecule has 3 rings (SSSR count). The molecular formula is C20H29N3O3. The number of nitrogens with one attached hydrogen (secondary N) is 1. The van der Waals surface area contributed by atoms with Gasteiger partial charge in [0.1, 0.15) is 5.52 Å². The summed E-state index contributed by atoms with van der Waals surface area (Å²) in [5.74, 6) is 0.775. The maximum Gasteiger partial charge on any atom is 0.222 e. The molecule has 1 amide bonds. The molecule has 6 nitrogen and oxygen atoms in total. The lowest BCUT2D eigenvalue weighted by atomic mass is 10.1. The quantitative estimate of drug-likeness (QED) is 0.770. The van der Waals surface area contributed by atoms with Crippen LogP contribution in [0.4, 0.5) is 0 Å². The van der Waals surface area contributed by atoms with Crippen molar-refractivity contribution in [2.75, 3.05) is 26.2 Å². The highest BCUT2D eigenvalue weighted by molar-refractivity contribution is 5.76. The van der Waals surface area contributed by atoms with E-state index in [0.717, 1.165) is 48.5 Å². The largest absolute Gasteiger partial charge is 0.441 e. The number of oxazole rings is 1. The minimum Gasteiger partial charge on any atom is -0.441 e. The van der Waals surface area contributed by atoms with Gasteiger partial charge < -0.3 is 14.5 Å². The number of hydrogen-bond donors (Lipinski definition) is 1. The molecule has 1 aromatic carbocycles. The zero-order valence-electron chi connectivity index (χ0n) is 16.0. The normalized spacial score (nSPS) is 18.5. The third-order valence-corrected chi connectivity index (χ3v) is 4.79. The zero-order chi connectivity index (χ0) is 18.5. The highest BCUT2D eigenvalue weighted by Gasteiger charge is 2.24. The number of aromatic nitrogens is 1. The van der Waals surface area contributed by atoms with Gasteiger partial charge in [-0.1, -0.05) is 6.07 Å². The molecule has 1 saturated heterocycles. The summed E-state index contributed by atoms with van der Waals surface area (Å²) in [4.78, 5) is 19.0. The number of fused-ring (bicyclic) bond motifs is 1. The van der Waals surface area contributed by atoms with Crippen LogP contribution >= 0.6 is 0 Å². The van der Waals surface area contributed by atoms with Gasteiger partial charge in [-0.2, -0.15) is 0 Å². The van der Waals surface area contributed by atoms with Gasteiger partial charge in [-0.3, -0.25) is 9.69 Å². The number of carbonyl (C=O) groups is 1. The van der Waals surface area contributed by atoms with Gasteiger partial charge in [0.15, 0.2) is 11.5 Å². The van der Waals surface area contributed by atoms with E-state index in [1.54, 1.807) is 0 Å². The van der Waals surface area contributed by atoms with E-state index >= 15 is 0 Å². The van der Waals surface area contributed by atoms with Gasteiger partial charge in [0, 0.05) is 32.1 Å². The Kier molecular flexibility index (Phi) is 6.27. The Morgan fingerprint density at radius 3 is 3.08 bits per heavy atom. The first-order valence-corrected chi connectivity index (χ1v) is 9.49. The van der Waals surface area contributed by atoms with Crippen LogP contribution in [-0.2, 0) is 16.0 Å². The van der Waals surface area contributed by atoms with Crippen LogP contribution in [0.3, 0.4) is 0 Å². The van der Waals surface area contributed by atoms with Gasteiger partial charge in [0.05, 0.1) is 19.1 Å². The molecule has 26 heavy (non-hydrogen) atoms. The number of ether oxygens (including phenoxy) is 1. The second kappa shape index (κ2) is 8.64. The summed E-state index contributed by atoms with van der Waals surface area (Å²) in [5.41, 5.74) is 2.88. The van der Waals surface area contributed by atoms with Crippen molar-refractivity contribution in [3.63, 3.8) is 0 Å². The van der Waals surface area contributed by atoms with Crippen LogP contribution in [0.25, 0.3) is 11.1 Å². The van der Waals surface area contributed by atoms with Crippen molar-refractivity contribution < 1.29 is 13.9 Å². The third kappa shape index (κ3) is 5.05. The smallest absolute Gasteiger partial charge is 0.222 e. The van der Waals surface area contributed by atoms with Crippen molar-refractivity contribution in [1.82, 2.24) is 15.2 Å². The number of rotatable bonds is 7. The summed E-state index contributed by atoms with van der Waals surface area (Å²) in [5, 5.41) is 2.98. The van der Waals surface area contributed by atoms with Crippen molar-refractivity contribution in [2.45, 2.75) is 52.2 Å². The predicted molar refractivity (Wildman–Crippen MR) is 101 cm³/mol. The summed E-state index contributed by atoms with van der Waals surface area (Å²) in [6.07, 6.45) is 1.94. The van der Waals surface area contributed by atoms with Crippen LogP contribution in [0.5, 0.6) is 0 Å². The topological polar surface area (TPSA) is 67.6 Å². The summed E-state index contributed by atoms with van der Waals surface area (Å²) in [6.45, 7) is 9.48. The highest BCUT2D eigenvalue weighted by Crippen LogP contribution is 2.17. The second-order valence-corrected chi connectivity index (χ2v) is 7.32. The van der Waals surface area contributed by atoms with E-state index in [-0.39, 0.29) is 12.0 Å². The molecular weight excluding hydrogens is 330 g/mol. The first-order valence-electron chi connectivity index (χ1n) is 9.49. The lowest BCUT2D eigenvalue weighted by Crippen LogP contribution is -2.47. The van der Waals surface area contributed by atoms with Crippen LogP contribution < -0.4 is 5.32 Å². The molecule has 0 radical (unpaired) electrons. The van der Waals surface area contributed by atoms with E-state index in [0.29, 0.717) is 25.6 Å². The Balaban J connectivity index is 1.38.